The zero-order valence-electron chi connectivity index (χ0n) is 24.1. The largest absolute Gasteiger partial charge is 0.497 e. The van der Waals surface area contributed by atoms with E-state index in [4.69, 9.17) is 50.0 Å². The quantitative estimate of drug-likeness (QED) is 0.151. The van der Waals surface area contributed by atoms with Crippen LogP contribution in [0.3, 0.4) is 0 Å². The molecular weight excluding hydrogens is 611 g/mol. The lowest BCUT2D eigenvalue weighted by atomic mass is 10.2. The van der Waals surface area contributed by atoms with Gasteiger partial charge in [-0.15, -0.1) is 0 Å². The first-order valence-corrected chi connectivity index (χ1v) is 14.2. The van der Waals surface area contributed by atoms with Crippen LogP contribution in [-0.2, 0) is 13.1 Å². The van der Waals surface area contributed by atoms with Gasteiger partial charge >= 0.3 is 0 Å². The molecule has 0 spiro atoms. The monoisotopic (exact) mass is 640 g/mol. The molecule has 0 fully saturated rings. The van der Waals surface area contributed by atoms with Crippen LogP contribution in [0.25, 0.3) is 11.0 Å². The highest BCUT2D eigenvalue weighted by atomic mass is 35.5. The van der Waals surface area contributed by atoms with E-state index in [2.05, 4.69) is 25.3 Å². The molecule has 4 aromatic heterocycles. The first kappa shape index (κ1) is 31.8. The molecule has 0 aliphatic heterocycles. The highest BCUT2D eigenvalue weighted by Crippen LogP contribution is 2.20. The molecule has 2 aromatic carbocycles. The van der Waals surface area contributed by atoms with Crippen LogP contribution in [0.4, 0.5) is 5.95 Å². The Morgan fingerprint density at radius 3 is 1.74 bits per heavy atom. The van der Waals surface area contributed by atoms with Gasteiger partial charge in [0.25, 0.3) is 0 Å². The maximum Gasteiger partial charge on any atom is 0.210 e. The average molecular weight is 642 g/mol. The van der Waals surface area contributed by atoms with Gasteiger partial charge in [-0.25, -0.2) is 19.9 Å². The Kier molecular flexibility index (Phi) is 11.0. The Bertz CT molecular complexity index is 1770. The minimum atomic E-state index is 0.340. The molecule has 0 saturated carbocycles. The summed E-state index contributed by atoms with van der Waals surface area (Å²) in [5.41, 5.74) is 9.43. The Labute approximate surface area is 264 Å². The highest BCUT2D eigenvalue weighted by Gasteiger charge is 2.08. The number of hydrogen-bond donors (Lipinski definition) is 2. The van der Waals surface area contributed by atoms with Crippen molar-refractivity contribution in [2.24, 2.45) is 5.73 Å². The molecule has 43 heavy (non-hydrogen) atoms. The summed E-state index contributed by atoms with van der Waals surface area (Å²) in [6.45, 7) is 5.02. The van der Waals surface area contributed by atoms with Crippen LogP contribution in [0.1, 0.15) is 22.8 Å². The number of ether oxygens (including phenoxy) is 2. The van der Waals surface area contributed by atoms with Gasteiger partial charge in [0.2, 0.25) is 11.2 Å². The number of anilines is 1. The van der Waals surface area contributed by atoms with Gasteiger partial charge in [-0.2, -0.15) is 0 Å². The molecule has 0 atom stereocenters. The molecule has 0 radical (unpaired) electrons. The van der Waals surface area contributed by atoms with E-state index in [9.17, 15) is 0 Å². The number of fused-ring (bicyclic) bond motifs is 2. The Morgan fingerprint density at radius 2 is 1.21 bits per heavy atom. The predicted octanol–water partition coefficient (Wildman–Crippen LogP) is 6.81. The van der Waals surface area contributed by atoms with E-state index < -0.39 is 0 Å². The van der Waals surface area contributed by atoms with Crippen molar-refractivity contribution in [3.63, 3.8) is 0 Å². The van der Waals surface area contributed by atoms with Crippen molar-refractivity contribution in [3.05, 3.63) is 111 Å². The van der Waals surface area contributed by atoms with Gasteiger partial charge in [-0.1, -0.05) is 47.5 Å². The van der Waals surface area contributed by atoms with Crippen molar-refractivity contribution in [2.45, 2.75) is 26.9 Å². The van der Waals surface area contributed by atoms with Crippen LogP contribution in [-0.4, -0.2) is 43.0 Å². The molecule has 3 N–H and O–H groups in total. The number of aryl methyl sites for hydroxylation is 2. The maximum atomic E-state index is 6.05. The van der Waals surface area contributed by atoms with E-state index in [0.717, 1.165) is 45.3 Å². The lowest BCUT2D eigenvalue weighted by Gasteiger charge is -2.10. The van der Waals surface area contributed by atoms with Crippen molar-refractivity contribution in [2.75, 3.05) is 19.5 Å². The number of benzene rings is 2. The second-order valence-corrected chi connectivity index (χ2v) is 10.2. The number of halogens is 3. The number of nitrogens with one attached hydrogen (secondary N) is 1. The second-order valence-electron chi connectivity index (χ2n) is 9.14. The third kappa shape index (κ3) is 8.26. The van der Waals surface area contributed by atoms with E-state index in [1.807, 2.05) is 66.8 Å². The van der Waals surface area contributed by atoms with E-state index in [1.54, 1.807) is 43.1 Å². The van der Waals surface area contributed by atoms with E-state index in [1.165, 1.54) is 0 Å². The van der Waals surface area contributed by atoms with Crippen molar-refractivity contribution in [1.29, 1.82) is 0 Å². The van der Waals surface area contributed by atoms with Crippen LogP contribution < -0.4 is 20.5 Å². The number of rotatable bonds is 6. The average Bonchev–Trinajstić information content (AvgIpc) is 3.58. The van der Waals surface area contributed by atoms with Crippen LogP contribution in [0.5, 0.6) is 11.5 Å². The summed E-state index contributed by atoms with van der Waals surface area (Å²) in [6.07, 6.45) is 3.48. The highest BCUT2D eigenvalue weighted by molar-refractivity contribution is 6.32. The molecule has 4 heterocycles. The second kappa shape index (κ2) is 14.9. The third-order valence-electron chi connectivity index (χ3n) is 6.28. The van der Waals surface area contributed by atoms with Crippen LogP contribution in [0, 0.1) is 13.8 Å². The van der Waals surface area contributed by atoms with Crippen molar-refractivity contribution >= 4 is 51.8 Å². The third-order valence-corrected chi connectivity index (χ3v) is 6.92. The molecule has 0 amide bonds. The number of nitrogens with two attached hydrogens (primary N) is 1. The molecule has 0 bridgehead atoms. The number of imidazole rings is 2. The first-order chi connectivity index (χ1) is 20.7. The van der Waals surface area contributed by atoms with Gasteiger partial charge in [-0.3, -0.25) is 8.80 Å². The fourth-order valence-electron chi connectivity index (χ4n) is 4.05. The Hall–Kier alpha value is -4.09. The van der Waals surface area contributed by atoms with Crippen LogP contribution >= 0.6 is 34.8 Å². The standard InChI is InChI=1S/C15H15ClN4O.C8H11NO.C7H5Cl2N3/c1-10-17-9-12-7-14(16)19-15(20(10)12)18-8-11-3-5-13(21-2)6-4-11;1-10-8-4-2-7(6-9)3-5-8;1-4-10-3-5-2-6(8)11-7(9)12(4)5/h3-7,9H,8H2,1-2H3,(H,18,19);2-5H,6,9H2,1H3;2-3H,1H3. The zero-order valence-corrected chi connectivity index (χ0v) is 26.3. The van der Waals surface area contributed by atoms with Gasteiger partial charge < -0.3 is 20.5 Å². The minimum Gasteiger partial charge on any atom is -0.497 e. The molecule has 0 saturated heterocycles. The molecule has 0 aliphatic rings. The lowest BCUT2D eigenvalue weighted by molar-refractivity contribution is 0.414. The molecule has 13 heteroatoms. The summed E-state index contributed by atoms with van der Waals surface area (Å²) in [4.78, 5) is 16.6. The molecular formula is C30H31Cl3N8O2. The number of hydrogen-bond acceptors (Lipinski definition) is 8. The number of nitrogens with zero attached hydrogens (tertiary/aromatic N) is 6. The fourth-order valence-corrected chi connectivity index (χ4v) is 4.78. The molecule has 6 aromatic rings. The van der Waals surface area contributed by atoms with Crippen molar-refractivity contribution in [1.82, 2.24) is 28.7 Å². The van der Waals surface area contributed by atoms with Crippen LogP contribution in [0.15, 0.2) is 73.1 Å². The van der Waals surface area contributed by atoms with E-state index in [-0.39, 0.29) is 0 Å². The first-order valence-electron chi connectivity index (χ1n) is 13.1. The predicted molar refractivity (Wildman–Crippen MR) is 172 cm³/mol. The number of methoxy groups -OCH3 is 2. The van der Waals surface area contributed by atoms with Gasteiger partial charge in [0.05, 0.1) is 37.6 Å². The minimum absolute atomic E-state index is 0.340. The SMILES string of the molecule is COc1ccc(CN)cc1.COc1ccc(CNc2nc(Cl)cc3cnc(C)n23)cc1.Cc1ncc2cc(Cl)nc(Cl)n12. The fraction of sp³-hybridized carbons (Fsp3) is 0.200. The Morgan fingerprint density at radius 1 is 0.721 bits per heavy atom. The zero-order chi connectivity index (χ0) is 30.9. The van der Waals surface area contributed by atoms with Gasteiger partial charge in [-0.05, 0) is 60.8 Å². The summed E-state index contributed by atoms with van der Waals surface area (Å²) >= 11 is 17.6. The van der Waals surface area contributed by atoms with E-state index in [0.29, 0.717) is 34.6 Å². The summed E-state index contributed by atoms with van der Waals surface area (Å²) in [5, 5.41) is 4.46. The molecule has 0 aliphatic carbocycles. The molecule has 224 valence electrons. The van der Waals surface area contributed by atoms with Gasteiger partial charge in [0, 0.05) is 25.2 Å². The van der Waals surface area contributed by atoms with Crippen molar-refractivity contribution in [3.8, 4) is 11.5 Å². The summed E-state index contributed by atoms with van der Waals surface area (Å²) < 4.78 is 13.8. The smallest absolute Gasteiger partial charge is 0.210 e. The summed E-state index contributed by atoms with van der Waals surface area (Å²) in [7, 11) is 3.30. The van der Waals surface area contributed by atoms with Crippen LogP contribution in [0.2, 0.25) is 15.6 Å². The Balaban J connectivity index is 0.000000163. The summed E-state index contributed by atoms with van der Waals surface area (Å²) in [5.74, 6) is 4.07. The normalized spacial score (nSPS) is 10.5. The van der Waals surface area contributed by atoms with Gasteiger partial charge in [0.1, 0.15) is 33.5 Å². The topological polar surface area (TPSA) is 117 Å². The summed E-state index contributed by atoms with van der Waals surface area (Å²) in [6, 6.07) is 19.1. The van der Waals surface area contributed by atoms with Crippen molar-refractivity contribution < 1.29 is 9.47 Å². The van der Waals surface area contributed by atoms with E-state index >= 15 is 0 Å². The number of aromatic nitrogens is 6. The molecule has 6 rings (SSSR count). The van der Waals surface area contributed by atoms with Gasteiger partial charge in [0.15, 0.2) is 0 Å². The molecule has 10 nitrogen and oxygen atoms in total. The lowest BCUT2D eigenvalue weighted by Crippen LogP contribution is -2.07. The maximum absolute atomic E-state index is 6.05. The molecule has 0 unspecified atom stereocenters.